The number of carboxylic acid groups (broad SMARTS) is 1. The number of hydrogen-bond acceptors (Lipinski definition) is 5. The summed E-state index contributed by atoms with van der Waals surface area (Å²) in [6, 6.07) is 7.16. The highest BCUT2D eigenvalue weighted by Gasteiger charge is 2.19. The number of aryl methyl sites for hydroxylation is 2. The molecule has 2 rings (SSSR count). The van der Waals surface area contributed by atoms with E-state index in [1.165, 1.54) is 0 Å². The predicted octanol–water partition coefficient (Wildman–Crippen LogP) is 2.61. The van der Waals surface area contributed by atoms with Crippen molar-refractivity contribution in [3.05, 3.63) is 46.8 Å². The van der Waals surface area contributed by atoms with Gasteiger partial charge in [0.1, 0.15) is 11.5 Å². The van der Waals surface area contributed by atoms with Gasteiger partial charge >= 0.3 is 5.97 Å². The van der Waals surface area contributed by atoms with Gasteiger partial charge in [-0.2, -0.15) is 0 Å². The molecule has 7 nitrogen and oxygen atoms in total. The molecule has 7 heteroatoms. The van der Waals surface area contributed by atoms with E-state index in [0.717, 1.165) is 22.6 Å². The number of ether oxygens (including phenoxy) is 1. The maximum atomic E-state index is 12.1. The molecule has 1 atom stereocenters. The van der Waals surface area contributed by atoms with Gasteiger partial charge in [-0.3, -0.25) is 4.79 Å². The summed E-state index contributed by atoms with van der Waals surface area (Å²) < 4.78 is 10.2. The number of carboxylic acids is 1. The molecule has 0 aliphatic carbocycles. The van der Waals surface area contributed by atoms with Crippen LogP contribution in [0.1, 0.15) is 41.8 Å². The zero-order valence-electron chi connectivity index (χ0n) is 15.2. The fourth-order valence-electron chi connectivity index (χ4n) is 2.89. The molecule has 0 aliphatic heterocycles. The largest absolute Gasteiger partial charge is 0.482 e. The molecule has 0 fully saturated rings. The highest BCUT2D eigenvalue weighted by atomic mass is 16.5. The van der Waals surface area contributed by atoms with Crippen molar-refractivity contribution in [3.63, 3.8) is 0 Å². The Bertz CT molecular complexity index is 732. The van der Waals surface area contributed by atoms with Crippen molar-refractivity contribution in [2.75, 3.05) is 13.2 Å². The van der Waals surface area contributed by atoms with E-state index in [1.807, 2.05) is 32.9 Å². The van der Waals surface area contributed by atoms with Crippen molar-refractivity contribution in [1.29, 1.82) is 0 Å². The summed E-state index contributed by atoms with van der Waals surface area (Å²) in [4.78, 5) is 22.6. The molecule has 1 amide bonds. The lowest BCUT2D eigenvalue weighted by atomic mass is 9.96. The van der Waals surface area contributed by atoms with E-state index >= 15 is 0 Å². The fourth-order valence-corrected chi connectivity index (χ4v) is 2.89. The number of rotatable bonds is 9. The number of nitrogens with zero attached hydrogens (tertiary/aromatic N) is 1. The first-order valence-electron chi connectivity index (χ1n) is 8.49. The van der Waals surface area contributed by atoms with Crippen LogP contribution in [0.2, 0.25) is 0 Å². The average Bonchev–Trinajstić information content (AvgIpc) is 2.92. The quantitative estimate of drug-likeness (QED) is 0.713. The Labute approximate surface area is 152 Å². The van der Waals surface area contributed by atoms with Crippen LogP contribution in [0.5, 0.6) is 5.75 Å². The minimum absolute atomic E-state index is 0.0149. The molecular formula is C19H24N2O5. The molecule has 1 heterocycles. The predicted molar refractivity (Wildman–Crippen MR) is 95.3 cm³/mol. The third-order valence-corrected chi connectivity index (χ3v) is 4.09. The minimum atomic E-state index is -1.01. The fraction of sp³-hybridized carbons (Fsp3) is 0.421. The standard InChI is InChI=1S/C19H24N2O5/c1-12(19-13(2)21-26-14(19)3)10-17(22)20-9-8-15-4-6-16(7-5-15)25-11-18(23)24/h4-7,12H,8-11H2,1-3H3,(H,20,22)(H,23,24). The summed E-state index contributed by atoms with van der Waals surface area (Å²) in [5.41, 5.74) is 2.86. The van der Waals surface area contributed by atoms with E-state index in [4.69, 9.17) is 14.4 Å². The van der Waals surface area contributed by atoms with E-state index in [2.05, 4.69) is 10.5 Å². The van der Waals surface area contributed by atoms with Crippen molar-refractivity contribution in [3.8, 4) is 5.75 Å². The van der Waals surface area contributed by atoms with Gasteiger partial charge in [-0.25, -0.2) is 4.79 Å². The Balaban J connectivity index is 1.75. The van der Waals surface area contributed by atoms with E-state index in [9.17, 15) is 9.59 Å². The smallest absolute Gasteiger partial charge is 0.341 e. The van der Waals surface area contributed by atoms with Crippen molar-refractivity contribution >= 4 is 11.9 Å². The van der Waals surface area contributed by atoms with Crippen LogP contribution in [0.4, 0.5) is 0 Å². The molecule has 0 radical (unpaired) electrons. The second kappa shape index (κ2) is 9.03. The number of nitrogens with one attached hydrogen (secondary N) is 1. The second-order valence-corrected chi connectivity index (χ2v) is 6.27. The summed E-state index contributed by atoms with van der Waals surface area (Å²) in [5, 5.41) is 15.4. The topological polar surface area (TPSA) is 102 Å². The van der Waals surface area contributed by atoms with Crippen LogP contribution in [0, 0.1) is 13.8 Å². The minimum Gasteiger partial charge on any atom is -0.482 e. The molecule has 0 aliphatic rings. The first-order chi connectivity index (χ1) is 12.4. The zero-order chi connectivity index (χ0) is 19.1. The number of hydrogen-bond donors (Lipinski definition) is 2. The summed E-state index contributed by atoms with van der Waals surface area (Å²) in [6.45, 7) is 5.89. The molecule has 26 heavy (non-hydrogen) atoms. The van der Waals surface area contributed by atoms with Gasteiger partial charge in [-0.15, -0.1) is 0 Å². The molecule has 1 unspecified atom stereocenters. The Hall–Kier alpha value is -2.83. The molecular weight excluding hydrogens is 336 g/mol. The van der Waals surface area contributed by atoms with Crippen molar-refractivity contribution in [2.24, 2.45) is 0 Å². The number of benzene rings is 1. The lowest BCUT2D eigenvalue weighted by Gasteiger charge is -2.11. The van der Waals surface area contributed by atoms with Gasteiger partial charge in [-0.1, -0.05) is 24.2 Å². The molecule has 2 N–H and O–H groups in total. The molecule has 1 aromatic heterocycles. The summed E-state index contributed by atoms with van der Waals surface area (Å²) in [7, 11) is 0. The summed E-state index contributed by atoms with van der Waals surface area (Å²) >= 11 is 0. The maximum Gasteiger partial charge on any atom is 0.341 e. The molecule has 140 valence electrons. The Morgan fingerprint density at radius 1 is 1.27 bits per heavy atom. The molecule has 0 saturated heterocycles. The number of aliphatic carboxylic acids is 1. The van der Waals surface area contributed by atoms with E-state index in [-0.39, 0.29) is 18.4 Å². The zero-order valence-corrected chi connectivity index (χ0v) is 15.2. The number of amides is 1. The molecule has 1 aromatic carbocycles. The van der Waals surface area contributed by atoms with Crippen molar-refractivity contribution in [2.45, 2.75) is 39.5 Å². The number of carbonyl (C=O) groups excluding carboxylic acids is 1. The summed E-state index contributed by atoms with van der Waals surface area (Å²) in [5.74, 6) is 0.287. The van der Waals surface area contributed by atoms with Gasteiger partial charge in [0.15, 0.2) is 6.61 Å². The molecule has 2 aromatic rings. The average molecular weight is 360 g/mol. The van der Waals surface area contributed by atoms with Gasteiger partial charge in [0.25, 0.3) is 0 Å². The van der Waals surface area contributed by atoms with Gasteiger partial charge in [-0.05, 0) is 43.9 Å². The van der Waals surface area contributed by atoms with Crippen LogP contribution < -0.4 is 10.1 Å². The van der Waals surface area contributed by atoms with Crippen LogP contribution in [-0.4, -0.2) is 35.3 Å². The highest BCUT2D eigenvalue weighted by Crippen LogP contribution is 2.25. The van der Waals surface area contributed by atoms with Gasteiger partial charge in [0.2, 0.25) is 5.91 Å². The van der Waals surface area contributed by atoms with E-state index < -0.39 is 5.97 Å². The third kappa shape index (κ3) is 5.61. The van der Waals surface area contributed by atoms with Crippen LogP contribution in [-0.2, 0) is 16.0 Å². The summed E-state index contributed by atoms with van der Waals surface area (Å²) in [6.07, 6.45) is 1.06. The van der Waals surface area contributed by atoms with Crippen molar-refractivity contribution in [1.82, 2.24) is 10.5 Å². The van der Waals surface area contributed by atoms with Crippen LogP contribution in [0.3, 0.4) is 0 Å². The Morgan fingerprint density at radius 3 is 2.54 bits per heavy atom. The van der Waals surface area contributed by atoms with E-state index in [0.29, 0.717) is 25.1 Å². The second-order valence-electron chi connectivity index (χ2n) is 6.27. The highest BCUT2D eigenvalue weighted by molar-refractivity contribution is 5.76. The molecule has 0 spiro atoms. The van der Waals surface area contributed by atoms with Crippen LogP contribution in [0.15, 0.2) is 28.8 Å². The van der Waals surface area contributed by atoms with Crippen LogP contribution >= 0.6 is 0 Å². The lowest BCUT2D eigenvalue weighted by molar-refractivity contribution is -0.139. The van der Waals surface area contributed by atoms with E-state index in [1.54, 1.807) is 12.1 Å². The first kappa shape index (κ1) is 19.5. The van der Waals surface area contributed by atoms with Gasteiger partial charge in [0.05, 0.1) is 5.69 Å². The van der Waals surface area contributed by atoms with Gasteiger partial charge in [0, 0.05) is 18.5 Å². The molecule has 0 bridgehead atoms. The number of carbonyl (C=O) groups is 2. The number of aromatic nitrogens is 1. The third-order valence-electron chi connectivity index (χ3n) is 4.09. The van der Waals surface area contributed by atoms with Gasteiger partial charge < -0.3 is 19.7 Å². The van der Waals surface area contributed by atoms with Crippen LogP contribution in [0.25, 0.3) is 0 Å². The maximum absolute atomic E-state index is 12.1. The molecule has 0 saturated carbocycles. The monoisotopic (exact) mass is 360 g/mol. The Morgan fingerprint density at radius 2 is 1.96 bits per heavy atom. The normalized spacial score (nSPS) is 11.8. The Kier molecular flexibility index (Phi) is 6.77. The first-order valence-corrected chi connectivity index (χ1v) is 8.49. The van der Waals surface area contributed by atoms with Crippen molar-refractivity contribution < 1.29 is 24.0 Å². The SMILES string of the molecule is Cc1noc(C)c1C(C)CC(=O)NCCc1ccc(OCC(=O)O)cc1. The lowest BCUT2D eigenvalue weighted by Crippen LogP contribution is -2.26.